The van der Waals surface area contributed by atoms with E-state index in [0.717, 1.165) is 29.0 Å². The van der Waals surface area contributed by atoms with E-state index in [1.165, 1.54) is 6.07 Å². The average Bonchev–Trinajstić information content (AvgIpc) is 2.99. The van der Waals surface area contributed by atoms with Crippen molar-refractivity contribution in [2.24, 2.45) is 7.05 Å². The molecule has 0 unspecified atom stereocenters. The Morgan fingerprint density at radius 2 is 1.92 bits per heavy atom. The van der Waals surface area contributed by atoms with Gasteiger partial charge in [0.1, 0.15) is 12.4 Å². The number of pyridine rings is 1. The number of aryl methyl sites for hydroxylation is 1. The molecule has 0 spiro atoms. The van der Waals surface area contributed by atoms with Crippen molar-refractivity contribution < 1.29 is 13.5 Å². The minimum Gasteiger partial charge on any atom is -0.492 e. The topological polar surface area (TPSA) is 52.0 Å². The van der Waals surface area contributed by atoms with E-state index in [-0.39, 0.29) is 0 Å². The summed E-state index contributed by atoms with van der Waals surface area (Å²) in [6.07, 6.45) is 5.42. The Bertz CT molecular complexity index is 836. The summed E-state index contributed by atoms with van der Waals surface area (Å²) < 4.78 is 33.1. The van der Waals surface area contributed by atoms with Gasteiger partial charge in [0.15, 0.2) is 11.6 Å². The van der Waals surface area contributed by atoms with Crippen molar-refractivity contribution in [1.82, 2.24) is 20.1 Å². The maximum absolute atomic E-state index is 13.1. The number of nitrogens with one attached hydrogen (secondary N) is 1. The number of hydrogen-bond donors (Lipinski definition) is 1. The van der Waals surface area contributed by atoms with E-state index in [9.17, 15) is 8.78 Å². The standard InChI is InChI=1S/C18H18F2N4O/c1-24-12-14(18(23-24)13-4-6-21-7-5-13)11-22-8-9-25-15-2-3-16(19)17(20)10-15/h2-7,10,12,22H,8-9,11H2,1H3. The Hall–Kier alpha value is -2.80. The molecule has 2 heterocycles. The third-order valence-corrected chi connectivity index (χ3v) is 3.61. The molecule has 0 bridgehead atoms. The normalized spacial score (nSPS) is 10.8. The first-order valence-corrected chi connectivity index (χ1v) is 7.85. The summed E-state index contributed by atoms with van der Waals surface area (Å²) in [5.41, 5.74) is 2.96. The smallest absolute Gasteiger partial charge is 0.162 e. The van der Waals surface area contributed by atoms with Crippen LogP contribution in [-0.4, -0.2) is 27.9 Å². The first kappa shape index (κ1) is 17.0. The van der Waals surface area contributed by atoms with E-state index >= 15 is 0 Å². The molecule has 0 aliphatic rings. The Labute approximate surface area is 144 Å². The fourth-order valence-corrected chi connectivity index (χ4v) is 2.45. The van der Waals surface area contributed by atoms with Gasteiger partial charge in [0.2, 0.25) is 0 Å². The monoisotopic (exact) mass is 344 g/mol. The molecule has 2 aromatic heterocycles. The van der Waals surface area contributed by atoms with Crippen LogP contribution in [-0.2, 0) is 13.6 Å². The number of rotatable bonds is 7. The van der Waals surface area contributed by atoms with Crippen molar-refractivity contribution in [1.29, 1.82) is 0 Å². The minimum absolute atomic E-state index is 0.305. The summed E-state index contributed by atoms with van der Waals surface area (Å²) in [6.45, 7) is 1.52. The summed E-state index contributed by atoms with van der Waals surface area (Å²) in [6, 6.07) is 7.32. The van der Waals surface area contributed by atoms with Crippen molar-refractivity contribution >= 4 is 0 Å². The van der Waals surface area contributed by atoms with Crippen molar-refractivity contribution in [2.45, 2.75) is 6.54 Å². The molecular formula is C18H18F2N4O. The number of aromatic nitrogens is 3. The van der Waals surface area contributed by atoms with Crippen molar-refractivity contribution in [3.8, 4) is 17.0 Å². The fraction of sp³-hybridized carbons (Fsp3) is 0.222. The molecule has 1 N–H and O–H groups in total. The van der Waals surface area contributed by atoms with Gasteiger partial charge in [-0.25, -0.2) is 8.78 Å². The van der Waals surface area contributed by atoms with Crippen LogP contribution >= 0.6 is 0 Å². The van der Waals surface area contributed by atoms with Crippen LogP contribution in [0.5, 0.6) is 5.75 Å². The Morgan fingerprint density at radius 1 is 1.12 bits per heavy atom. The van der Waals surface area contributed by atoms with Crippen LogP contribution in [0, 0.1) is 11.6 Å². The van der Waals surface area contributed by atoms with Crippen LogP contribution in [0.25, 0.3) is 11.3 Å². The second kappa shape index (κ2) is 7.85. The number of ether oxygens (including phenoxy) is 1. The van der Waals surface area contributed by atoms with Gasteiger partial charge >= 0.3 is 0 Å². The van der Waals surface area contributed by atoms with Crippen molar-refractivity contribution in [2.75, 3.05) is 13.2 Å². The zero-order valence-electron chi connectivity index (χ0n) is 13.7. The maximum atomic E-state index is 13.1. The zero-order valence-corrected chi connectivity index (χ0v) is 13.7. The largest absolute Gasteiger partial charge is 0.492 e. The number of nitrogens with zero attached hydrogens (tertiary/aromatic N) is 3. The highest BCUT2D eigenvalue weighted by molar-refractivity contribution is 5.61. The summed E-state index contributed by atoms with van der Waals surface area (Å²) >= 11 is 0. The Morgan fingerprint density at radius 3 is 2.68 bits per heavy atom. The van der Waals surface area contributed by atoms with Gasteiger partial charge in [0.25, 0.3) is 0 Å². The molecule has 7 heteroatoms. The predicted octanol–water partition coefficient (Wildman–Crippen LogP) is 2.93. The molecular weight excluding hydrogens is 326 g/mol. The molecule has 3 rings (SSSR count). The molecule has 25 heavy (non-hydrogen) atoms. The number of hydrogen-bond acceptors (Lipinski definition) is 4. The Balaban J connectivity index is 1.52. The summed E-state index contributed by atoms with van der Waals surface area (Å²) in [5, 5.41) is 7.75. The van der Waals surface area contributed by atoms with Crippen LogP contribution in [0.3, 0.4) is 0 Å². The highest BCUT2D eigenvalue weighted by Gasteiger charge is 2.09. The van der Waals surface area contributed by atoms with E-state index in [2.05, 4.69) is 15.4 Å². The summed E-state index contributed by atoms with van der Waals surface area (Å²) in [5.74, 6) is -1.49. The number of benzene rings is 1. The minimum atomic E-state index is -0.914. The van der Waals surface area contributed by atoms with Gasteiger partial charge in [-0.3, -0.25) is 9.67 Å². The lowest BCUT2D eigenvalue weighted by Gasteiger charge is -2.08. The molecule has 0 amide bonds. The third kappa shape index (κ3) is 4.39. The molecule has 130 valence electrons. The van der Waals surface area contributed by atoms with Crippen LogP contribution in [0.1, 0.15) is 5.56 Å². The van der Waals surface area contributed by atoms with Crippen LogP contribution in [0.15, 0.2) is 48.9 Å². The Kier molecular flexibility index (Phi) is 5.35. The molecule has 5 nitrogen and oxygen atoms in total. The van der Waals surface area contributed by atoms with E-state index in [4.69, 9.17) is 4.74 Å². The van der Waals surface area contributed by atoms with Crippen molar-refractivity contribution in [3.05, 3.63) is 66.1 Å². The first-order valence-electron chi connectivity index (χ1n) is 7.85. The maximum Gasteiger partial charge on any atom is 0.162 e. The van der Waals surface area contributed by atoms with E-state index < -0.39 is 11.6 Å². The van der Waals surface area contributed by atoms with Gasteiger partial charge < -0.3 is 10.1 Å². The fourth-order valence-electron chi connectivity index (χ4n) is 2.45. The zero-order chi connectivity index (χ0) is 17.6. The second-order valence-electron chi connectivity index (χ2n) is 5.51. The van der Waals surface area contributed by atoms with Gasteiger partial charge in [-0.05, 0) is 24.3 Å². The van der Waals surface area contributed by atoms with Crippen molar-refractivity contribution in [3.63, 3.8) is 0 Å². The molecule has 1 aromatic carbocycles. The average molecular weight is 344 g/mol. The molecule has 0 fully saturated rings. The second-order valence-corrected chi connectivity index (χ2v) is 5.51. The molecule has 0 saturated heterocycles. The quantitative estimate of drug-likeness (QED) is 0.670. The SMILES string of the molecule is Cn1cc(CNCCOc2ccc(F)c(F)c2)c(-c2ccncc2)n1. The van der Waals surface area contributed by atoms with Crippen LogP contribution in [0.2, 0.25) is 0 Å². The van der Waals surface area contributed by atoms with Gasteiger partial charge in [-0.1, -0.05) is 0 Å². The molecule has 3 aromatic rings. The van der Waals surface area contributed by atoms with Gasteiger partial charge in [0.05, 0.1) is 5.69 Å². The van der Waals surface area contributed by atoms with Gasteiger partial charge in [-0.15, -0.1) is 0 Å². The number of halogens is 2. The molecule has 0 aliphatic carbocycles. The molecule has 0 radical (unpaired) electrons. The predicted molar refractivity (Wildman–Crippen MR) is 90.0 cm³/mol. The highest BCUT2D eigenvalue weighted by Crippen LogP contribution is 2.20. The van der Waals surface area contributed by atoms with Gasteiger partial charge in [-0.2, -0.15) is 5.10 Å². The third-order valence-electron chi connectivity index (χ3n) is 3.61. The highest BCUT2D eigenvalue weighted by atomic mass is 19.2. The van der Waals surface area contributed by atoms with Crippen LogP contribution in [0.4, 0.5) is 8.78 Å². The van der Waals surface area contributed by atoms with E-state index in [1.807, 2.05) is 25.4 Å². The lowest BCUT2D eigenvalue weighted by atomic mass is 10.1. The molecule has 0 saturated carbocycles. The van der Waals surface area contributed by atoms with E-state index in [1.54, 1.807) is 17.1 Å². The van der Waals surface area contributed by atoms with E-state index in [0.29, 0.717) is 25.4 Å². The summed E-state index contributed by atoms with van der Waals surface area (Å²) in [7, 11) is 1.88. The van der Waals surface area contributed by atoms with Gasteiger partial charge in [0, 0.05) is 55.9 Å². The van der Waals surface area contributed by atoms with Crippen LogP contribution < -0.4 is 10.1 Å². The first-order chi connectivity index (χ1) is 12.1. The lowest BCUT2D eigenvalue weighted by Crippen LogP contribution is -2.20. The lowest BCUT2D eigenvalue weighted by molar-refractivity contribution is 0.311. The molecule has 0 aliphatic heterocycles. The summed E-state index contributed by atoms with van der Waals surface area (Å²) in [4.78, 5) is 4.02. The molecule has 0 atom stereocenters.